The van der Waals surface area contributed by atoms with E-state index < -0.39 is 0 Å². The molecule has 1 saturated heterocycles. The summed E-state index contributed by atoms with van der Waals surface area (Å²) in [6, 6.07) is 2.76. The summed E-state index contributed by atoms with van der Waals surface area (Å²) < 4.78 is 0. The number of likely N-dealkylation sites (tertiary alicyclic amines) is 1. The molecular formula is C10H19N3. The van der Waals surface area contributed by atoms with Gasteiger partial charge in [0.1, 0.15) is 0 Å². The molecule has 1 heterocycles. The summed E-state index contributed by atoms with van der Waals surface area (Å²) >= 11 is 0. The van der Waals surface area contributed by atoms with E-state index in [2.05, 4.69) is 24.8 Å². The number of nitriles is 1. The van der Waals surface area contributed by atoms with Crippen LogP contribution in [0.15, 0.2) is 0 Å². The molecule has 3 nitrogen and oxygen atoms in total. The molecule has 0 amide bonds. The Labute approximate surface area is 80.5 Å². The number of nitrogens with zero attached hydrogens (tertiary/aromatic N) is 2. The molecule has 3 atom stereocenters. The van der Waals surface area contributed by atoms with Crippen LogP contribution in [0, 0.1) is 17.2 Å². The van der Waals surface area contributed by atoms with Gasteiger partial charge in [-0.1, -0.05) is 13.8 Å². The van der Waals surface area contributed by atoms with E-state index in [0.29, 0.717) is 12.0 Å². The predicted molar refractivity (Wildman–Crippen MR) is 53.0 cm³/mol. The highest BCUT2D eigenvalue weighted by atomic mass is 15.2. The lowest BCUT2D eigenvalue weighted by molar-refractivity contribution is 0.137. The Balaban J connectivity index is 2.50. The van der Waals surface area contributed by atoms with Crippen LogP contribution in [0.5, 0.6) is 0 Å². The molecule has 0 bridgehead atoms. The minimum atomic E-state index is 0.0925. The van der Waals surface area contributed by atoms with Crippen molar-refractivity contribution in [1.82, 2.24) is 4.90 Å². The third-order valence-electron chi connectivity index (χ3n) is 2.98. The van der Waals surface area contributed by atoms with Crippen molar-refractivity contribution in [3.63, 3.8) is 0 Å². The predicted octanol–water partition coefficient (Wildman–Crippen LogP) is 0.958. The Bertz CT molecular complexity index is 197. The van der Waals surface area contributed by atoms with Crippen molar-refractivity contribution in [2.75, 3.05) is 13.1 Å². The fourth-order valence-electron chi connectivity index (χ4n) is 1.91. The van der Waals surface area contributed by atoms with Gasteiger partial charge in [-0.25, -0.2) is 0 Å². The van der Waals surface area contributed by atoms with Crippen molar-refractivity contribution in [2.24, 2.45) is 11.7 Å². The molecule has 0 aromatic carbocycles. The van der Waals surface area contributed by atoms with Gasteiger partial charge >= 0.3 is 0 Å². The van der Waals surface area contributed by atoms with Crippen LogP contribution in [0.4, 0.5) is 0 Å². The third-order valence-corrected chi connectivity index (χ3v) is 2.98. The Hall–Kier alpha value is -0.590. The van der Waals surface area contributed by atoms with Crippen molar-refractivity contribution in [1.29, 1.82) is 5.26 Å². The van der Waals surface area contributed by atoms with Crippen LogP contribution in [0.2, 0.25) is 0 Å². The van der Waals surface area contributed by atoms with E-state index in [-0.39, 0.29) is 6.04 Å². The van der Waals surface area contributed by atoms with E-state index in [4.69, 9.17) is 11.0 Å². The average Bonchev–Trinajstić information content (AvgIpc) is 2.13. The molecule has 2 N–H and O–H groups in total. The molecule has 1 fully saturated rings. The molecule has 3 heteroatoms. The maximum Gasteiger partial charge on any atom is 0.0975 e. The van der Waals surface area contributed by atoms with E-state index in [9.17, 15) is 0 Å². The number of hydrogen-bond acceptors (Lipinski definition) is 3. The molecule has 0 aliphatic carbocycles. The molecule has 3 unspecified atom stereocenters. The van der Waals surface area contributed by atoms with Gasteiger partial charge in [0.05, 0.1) is 12.1 Å². The molecule has 1 aliphatic heterocycles. The monoisotopic (exact) mass is 181 g/mol. The first-order valence-electron chi connectivity index (χ1n) is 5.08. The smallest absolute Gasteiger partial charge is 0.0975 e. The molecule has 0 spiro atoms. The van der Waals surface area contributed by atoms with Crippen molar-refractivity contribution in [3.05, 3.63) is 0 Å². The zero-order chi connectivity index (χ0) is 9.84. The van der Waals surface area contributed by atoms with Gasteiger partial charge in [0.15, 0.2) is 0 Å². The Kier molecular flexibility index (Phi) is 3.71. The Morgan fingerprint density at radius 1 is 1.69 bits per heavy atom. The minimum absolute atomic E-state index is 0.0925. The van der Waals surface area contributed by atoms with Gasteiger partial charge in [0.2, 0.25) is 0 Å². The van der Waals surface area contributed by atoms with Crippen molar-refractivity contribution in [3.8, 4) is 6.07 Å². The van der Waals surface area contributed by atoms with Crippen LogP contribution in [0.3, 0.4) is 0 Å². The molecule has 0 aromatic rings. The fourth-order valence-corrected chi connectivity index (χ4v) is 1.91. The normalized spacial score (nSPS) is 32.5. The molecule has 74 valence electrons. The first kappa shape index (κ1) is 10.5. The topological polar surface area (TPSA) is 53.0 Å². The van der Waals surface area contributed by atoms with E-state index in [0.717, 1.165) is 25.9 Å². The van der Waals surface area contributed by atoms with Gasteiger partial charge < -0.3 is 5.73 Å². The van der Waals surface area contributed by atoms with Gasteiger partial charge in [-0.3, -0.25) is 4.90 Å². The quantitative estimate of drug-likeness (QED) is 0.690. The number of nitrogens with two attached hydrogens (primary N) is 1. The summed E-state index contributed by atoms with van der Waals surface area (Å²) in [5.74, 6) is 0.524. The van der Waals surface area contributed by atoms with Crippen LogP contribution >= 0.6 is 0 Å². The van der Waals surface area contributed by atoms with E-state index >= 15 is 0 Å². The van der Waals surface area contributed by atoms with Crippen LogP contribution in [-0.4, -0.2) is 30.1 Å². The summed E-state index contributed by atoms with van der Waals surface area (Å²) in [4.78, 5) is 2.26. The second-order valence-electron chi connectivity index (χ2n) is 3.98. The summed E-state index contributed by atoms with van der Waals surface area (Å²) in [5.41, 5.74) is 5.91. The van der Waals surface area contributed by atoms with Gasteiger partial charge in [-0.2, -0.15) is 5.26 Å². The molecule has 0 aromatic heterocycles. The average molecular weight is 181 g/mol. The van der Waals surface area contributed by atoms with Crippen molar-refractivity contribution >= 4 is 0 Å². The molecule has 0 saturated carbocycles. The highest BCUT2D eigenvalue weighted by Crippen LogP contribution is 2.17. The maximum absolute atomic E-state index is 8.91. The number of rotatable bonds is 2. The maximum atomic E-state index is 8.91. The Morgan fingerprint density at radius 3 is 2.85 bits per heavy atom. The Morgan fingerprint density at radius 2 is 2.38 bits per heavy atom. The lowest BCUT2D eigenvalue weighted by Gasteiger charge is -2.37. The minimum Gasteiger partial charge on any atom is -0.327 e. The highest BCUT2D eigenvalue weighted by Gasteiger charge is 2.26. The fraction of sp³-hybridized carbons (Fsp3) is 0.900. The standard InChI is InChI=1S/C10H19N3/c1-3-9(6-11)13-5-4-10(12)8(2)7-13/h8-10H,3-5,7,12H2,1-2H3. The summed E-state index contributed by atoms with van der Waals surface area (Å²) in [6.07, 6.45) is 1.94. The van der Waals surface area contributed by atoms with Crippen LogP contribution < -0.4 is 5.73 Å². The largest absolute Gasteiger partial charge is 0.327 e. The highest BCUT2D eigenvalue weighted by molar-refractivity contribution is 4.94. The van der Waals surface area contributed by atoms with Gasteiger partial charge in [-0.15, -0.1) is 0 Å². The van der Waals surface area contributed by atoms with Crippen LogP contribution in [0.1, 0.15) is 26.7 Å². The second kappa shape index (κ2) is 4.59. The molecule has 0 radical (unpaired) electrons. The number of piperidine rings is 1. The van der Waals surface area contributed by atoms with Crippen molar-refractivity contribution in [2.45, 2.75) is 38.8 Å². The first-order chi connectivity index (χ1) is 6.19. The summed E-state index contributed by atoms with van der Waals surface area (Å²) in [5, 5.41) is 8.91. The molecule has 1 aliphatic rings. The van der Waals surface area contributed by atoms with E-state index in [1.54, 1.807) is 0 Å². The zero-order valence-corrected chi connectivity index (χ0v) is 8.53. The van der Waals surface area contributed by atoms with E-state index in [1.807, 2.05) is 0 Å². The van der Waals surface area contributed by atoms with Gasteiger partial charge in [-0.05, 0) is 18.8 Å². The second-order valence-corrected chi connectivity index (χ2v) is 3.98. The lowest BCUT2D eigenvalue weighted by atomic mass is 9.93. The summed E-state index contributed by atoms with van der Waals surface area (Å²) in [6.45, 7) is 6.19. The molecule has 1 rings (SSSR count). The molecule has 13 heavy (non-hydrogen) atoms. The first-order valence-corrected chi connectivity index (χ1v) is 5.08. The summed E-state index contributed by atoms with van der Waals surface area (Å²) in [7, 11) is 0. The third kappa shape index (κ3) is 2.43. The van der Waals surface area contributed by atoms with Crippen LogP contribution in [-0.2, 0) is 0 Å². The van der Waals surface area contributed by atoms with Gasteiger partial charge in [0, 0.05) is 19.1 Å². The molecular weight excluding hydrogens is 162 g/mol. The van der Waals surface area contributed by atoms with Gasteiger partial charge in [0.25, 0.3) is 0 Å². The van der Waals surface area contributed by atoms with E-state index in [1.165, 1.54) is 0 Å². The van der Waals surface area contributed by atoms with Crippen LogP contribution in [0.25, 0.3) is 0 Å². The number of hydrogen-bond donors (Lipinski definition) is 1. The lowest BCUT2D eigenvalue weighted by Crippen LogP contribution is -2.49. The zero-order valence-electron chi connectivity index (χ0n) is 8.53. The SMILES string of the molecule is CCC(C#N)N1CCC(N)C(C)C1. The van der Waals surface area contributed by atoms with Crippen molar-refractivity contribution < 1.29 is 0 Å².